The molecule has 6 heteroatoms. The van der Waals surface area contributed by atoms with Gasteiger partial charge < -0.3 is 19.5 Å². The molecule has 0 saturated carbocycles. The van der Waals surface area contributed by atoms with Crippen LogP contribution in [0.4, 0.5) is 5.69 Å². The molecule has 0 bridgehead atoms. The van der Waals surface area contributed by atoms with Gasteiger partial charge in [-0.15, -0.1) is 0 Å². The third-order valence-electron chi connectivity index (χ3n) is 3.46. The molecule has 0 atom stereocenters. The van der Waals surface area contributed by atoms with Gasteiger partial charge in [-0.3, -0.25) is 4.79 Å². The van der Waals surface area contributed by atoms with Gasteiger partial charge in [0.25, 0.3) is 5.91 Å². The Labute approximate surface area is 153 Å². The smallest absolute Gasteiger partial charge is 0.338 e. The Balaban J connectivity index is 1.82. The molecule has 0 fully saturated rings. The van der Waals surface area contributed by atoms with Crippen molar-refractivity contribution in [3.8, 4) is 5.75 Å². The summed E-state index contributed by atoms with van der Waals surface area (Å²) in [7, 11) is 1.54. The van der Waals surface area contributed by atoms with Gasteiger partial charge in [0.05, 0.1) is 25.4 Å². The molecule has 0 aliphatic heterocycles. The van der Waals surface area contributed by atoms with Crippen LogP contribution in [0, 0.1) is 0 Å². The van der Waals surface area contributed by atoms with E-state index in [1.54, 1.807) is 55.6 Å². The minimum absolute atomic E-state index is 0.141. The number of anilines is 1. The molecule has 0 radical (unpaired) electrons. The van der Waals surface area contributed by atoms with E-state index in [1.165, 1.54) is 0 Å². The Kier molecular flexibility index (Phi) is 7.17. The normalized spacial score (nSPS) is 10.5. The number of nitrogens with one attached hydrogen (secondary N) is 1. The zero-order valence-corrected chi connectivity index (χ0v) is 15.2. The zero-order chi connectivity index (χ0) is 18.9. The van der Waals surface area contributed by atoms with E-state index in [9.17, 15) is 9.59 Å². The quantitative estimate of drug-likeness (QED) is 0.733. The number of rotatable bonds is 8. The average molecular weight is 357 g/mol. The molecule has 1 amide bonds. The van der Waals surface area contributed by atoms with Crippen LogP contribution in [-0.4, -0.2) is 31.7 Å². The Morgan fingerprint density at radius 1 is 1.08 bits per heavy atom. The Morgan fingerprint density at radius 2 is 1.81 bits per heavy atom. The lowest BCUT2D eigenvalue weighted by Crippen LogP contribution is -2.20. The molecule has 0 aliphatic rings. The summed E-state index contributed by atoms with van der Waals surface area (Å²) in [5.41, 5.74) is 1.92. The van der Waals surface area contributed by atoms with E-state index in [2.05, 4.69) is 5.32 Å². The standard InChI is InChI=1S/C20H23NO5/c1-14(2)25-12-15-7-9-16(10-8-15)20(23)26-13-19(22)21-17-5-4-6-18(11-17)24-3/h4-11,14H,12-13H2,1-3H3,(H,21,22). The first-order valence-corrected chi connectivity index (χ1v) is 8.29. The van der Waals surface area contributed by atoms with Gasteiger partial charge >= 0.3 is 5.97 Å². The van der Waals surface area contributed by atoms with Crippen molar-refractivity contribution in [3.63, 3.8) is 0 Å². The lowest BCUT2D eigenvalue weighted by atomic mass is 10.1. The second-order valence-electron chi connectivity index (χ2n) is 5.91. The van der Waals surface area contributed by atoms with E-state index in [1.807, 2.05) is 13.8 Å². The number of carbonyl (C=O) groups is 2. The van der Waals surface area contributed by atoms with Crippen LogP contribution in [0.15, 0.2) is 48.5 Å². The summed E-state index contributed by atoms with van der Waals surface area (Å²) < 4.78 is 15.6. The van der Waals surface area contributed by atoms with Crippen LogP contribution in [-0.2, 0) is 20.9 Å². The minimum Gasteiger partial charge on any atom is -0.497 e. The van der Waals surface area contributed by atoms with Gasteiger partial charge in [0.2, 0.25) is 0 Å². The van der Waals surface area contributed by atoms with Crippen molar-refractivity contribution in [2.24, 2.45) is 0 Å². The highest BCUT2D eigenvalue weighted by molar-refractivity contribution is 5.95. The van der Waals surface area contributed by atoms with E-state index in [-0.39, 0.29) is 12.7 Å². The summed E-state index contributed by atoms with van der Waals surface area (Å²) in [6.45, 7) is 4.04. The van der Waals surface area contributed by atoms with Crippen LogP contribution >= 0.6 is 0 Å². The van der Waals surface area contributed by atoms with Gasteiger partial charge in [-0.25, -0.2) is 4.79 Å². The number of ether oxygens (including phenoxy) is 3. The van der Waals surface area contributed by atoms with Crippen LogP contribution in [0.25, 0.3) is 0 Å². The first-order chi connectivity index (χ1) is 12.5. The van der Waals surface area contributed by atoms with Crippen molar-refractivity contribution in [2.75, 3.05) is 19.0 Å². The molecule has 138 valence electrons. The lowest BCUT2D eigenvalue weighted by Gasteiger charge is -2.09. The van der Waals surface area contributed by atoms with Crippen LogP contribution in [0.5, 0.6) is 5.75 Å². The maximum Gasteiger partial charge on any atom is 0.338 e. The molecule has 2 aromatic carbocycles. The summed E-state index contributed by atoms with van der Waals surface area (Å²) >= 11 is 0. The van der Waals surface area contributed by atoms with E-state index in [0.29, 0.717) is 23.6 Å². The molecule has 0 spiro atoms. The molecule has 1 N–H and O–H groups in total. The summed E-state index contributed by atoms with van der Waals surface area (Å²) in [4.78, 5) is 23.9. The fraction of sp³-hybridized carbons (Fsp3) is 0.300. The maximum atomic E-state index is 12.0. The van der Waals surface area contributed by atoms with Crippen molar-refractivity contribution in [1.82, 2.24) is 0 Å². The molecule has 2 rings (SSSR count). The maximum absolute atomic E-state index is 12.0. The van der Waals surface area contributed by atoms with Crippen LogP contribution < -0.4 is 10.1 Å². The predicted molar refractivity (Wildman–Crippen MR) is 98.3 cm³/mol. The number of methoxy groups -OCH3 is 1. The molecule has 0 heterocycles. The highest BCUT2D eigenvalue weighted by atomic mass is 16.5. The topological polar surface area (TPSA) is 73.9 Å². The SMILES string of the molecule is COc1cccc(NC(=O)COC(=O)c2ccc(COC(C)C)cc2)c1. The van der Waals surface area contributed by atoms with Crippen LogP contribution in [0.3, 0.4) is 0 Å². The molecular weight excluding hydrogens is 334 g/mol. The van der Waals surface area contributed by atoms with Gasteiger partial charge in [-0.1, -0.05) is 18.2 Å². The van der Waals surface area contributed by atoms with Gasteiger partial charge in [-0.05, 0) is 43.7 Å². The number of carbonyl (C=O) groups excluding carboxylic acids is 2. The number of benzene rings is 2. The van der Waals surface area contributed by atoms with Gasteiger partial charge in [-0.2, -0.15) is 0 Å². The molecule has 2 aromatic rings. The average Bonchev–Trinajstić information content (AvgIpc) is 2.65. The third-order valence-corrected chi connectivity index (χ3v) is 3.46. The number of esters is 1. The molecule has 6 nitrogen and oxygen atoms in total. The van der Waals surface area contributed by atoms with Crippen molar-refractivity contribution in [3.05, 3.63) is 59.7 Å². The summed E-state index contributed by atoms with van der Waals surface area (Å²) in [6, 6.07) is 13.8. The Morgan fingerprint density at radius 3 is 2.46 bits per heavy atom. The highest BCUT2D eigenvalue weighted by Gasteiger charge is 2.11. The zero-order valence-electron chi connectivity index (χ0n) is 15.2. The number of amides is 1. The van der Waals surface area contributed by atoms with E-state index in [4.69, 9.17) is 14.2 Å². The number of hydrogen-bond donors (Lipinski definition) is 1. The second kappa shape index (κ2) is 9.58. The molecule has 0 aromatic heterocycles. The van der Waals surface area contributed by atoms with E-state index in [0.717, 1.165) is 5.56 Å². The fourth-order valence-electron chi connectivity index (χ4n) is 2.11. The van der Waals surface area contributed by atoms with Gasteiger partial charge in [0.15, 0.2) is 6.61 Å². The van der Waals surface area contributed by atoms with Crippen molar-refractivity contribution in [1.29, 1.82) is 0 Å². The molecular formula is C20H23NO5. The Hall–Kier alpha value is -2.86. The summed E-state index contributed by atoms with van der Waals surface area (Å²) in [6.07, 6.45) is 0.141. The molecule has 0 saturated heterocycles. The fourth-order valence-corrected chi connectivity index (χ4v) is 2.11. The monoisotopic (exact) mass is 357 g/mol. The highest BCUT2D eigenvalue weighted by Crippen LogP contribution is 2.16. The Bertz CT molecular complexity index is 740. The van der Waals surface area contributed by atoms with E-state index >= 15 is 0 Å². The van der Waals surface area contributed by atoms with Crippen molar-refractivity contribution < 1.29 is 23.8 Å². The second-order valence-corrected chi connectivity index (χ2v) is 5.91. The minimum atomic E-state index is -0.554. The predicted octanol–water partition coefficient (Wildman–Crippen LogP) is 3.42. The summed E-state index contributed by atoms with van der Waals surface area (Å²) in [5, 5.41) is 2.65. The van der Waals surface area contributed by atoms with Gasteiger partial charge in [0.1, 0.15) is 5.75 Å². The van der Waals surface area contributed by atoms with Crippen LogP contribution in [0.2, 0.25) is 0 Å². The largest absolute Gasteiger partial charge is 0.497 e. The first kappa shape index (κ1) is 19.5. The van der Waals surface area contributed by atoms with Gasteiger partial charge in [0, 0.05) is 11.8 Å². The van der Waals surface area contributed by atoms with E-state index < -0.39 is 11.9 Å². The van der Waals surface area contributed by atoms with Crippen LogP contribution in [0.1, 0.15) is 29.8 Å². The first-order valence-electron chi connectivity index (χ1n) is 8.29. The number of hydrogen-bond acceptors (Lipinski definition) is 5. The summed E-state index contributed by atoms with van der Waals surface area (Å²) in [5.74, 6) is -0.350. The van der Waals surface area contributed by atoms with Crippen molar-refractivity contribution in [2.45, 2.75) is 26.6 Å². The molecule has 0 unspecified atom stereocenters. The lowest BCUT2D eigenvalue weighted by molar-refractivity contribution is -0.119. The molecule has 0 aliphatic carbocycles. The third kappa shape index (κ3) is 6.22. The van der Waals surface area contributed by atoms with Crippen molar-refractivity contribution >= 4 is 17.6 Å². The molecule has 26 heavy (non-hydrogen) atoms.